The summed E-state index contributed by atoms with van der Waals surface area (Å²) in [5.74, 6) is -0.937. The highest BCUT2D eigenvalue weighted by Gasteiger charge is 2.51. The van der Waals surface area contributed by atoms with E-state index in [1.54, 1.807) is 25.1 Å². The lowest BCUT2D eigenvalue weighted by Gasteiger charge is -2.32. The molecule has 24 heavy (non-hydrogen) atoms. The summed E-state index contributed by atoms with van der Waals surface area (Å²) in [5.41, 5.74) is 0.0989. The fourth-order valence-corrected chi connectivity index (χ4v) is 2.62. The number of rotatable bonds is 5. The average molecular weight is 353 g/mol. The lowest BCUT2D eigenvalue weighted by atomic mass is 9.78. The Morgan fingerprint density at radius 2 is 1.75 bits per heavy atom. The molecule has 1 aliphatic rings. The van der Waals surface area contributed by atoms with Gasteiger partial charge in [0.15, 0.2) is 5.78 Å². The van der Waals surface area contributed by atoms with Crippen LogP contribution in [0.15, 0.2) is 18.2 Å². The molecule has 2 rings (SSSR count). The number of carbonyl (C=O) groups excluding carboxylic acids is 2. The number of ether oxygens (including phenoxy) is 1. The summed E-state index contributed by atoms with van der Waals surface area (Å²) in [7, 11) is -0.554. The number of ketones is 1. The molecule has 1 aliphatic heterocycles. The van der Waals surface area contributed by atoms with Gasteiger partial charge in [-0.05, 0) is 46.1 Å². The molecule has 0 atom stereocenters. The summed E-state index contributed by atoms with van der Waals surface area (Å²) in [6.07, 6.45) is -0.330. The summed E-state index contributed by atoms with van der Waals surface area (Å²) in [4.78, 5) is 23.6. The molecule has 1 aromatic carbocycles. The van der Waals surface area contributed by atoms with Crippen LogP contribution in [0.3, 0.4) is 0 Å². The largest absolute Gasteiger partial charge is 0.494 e. The summed E-state index contributed by atoms with van der Waals surface area (Å²) >= 11 is 6.22. The fraction of sp³-hybridized carbons (Fsp3) is 0.529. The van der Waals surface area contributed by atoms with Crippen LogP contribution in [0.4, 0.5) is 0 Å². The van der Waals surface area contributed by atoms with E-state index in [-0.39, 0.29) is 29.4 Å². The first kappa shape index (κ1) is 19.0. The van der Waals surface area contributed by atoms with E-state index in [4.69, 9.17) is 25.6 Å². The zero-order valence-electron chi connectivity index (χ0n) is 14.6. The predicted octanol–water partition coefficient (Wildman–Crippen LogP) is 2.78. The van der Waals surface area contributed by atoms with E-state index in [0.717, 1.165) is 5.46 Å². The van der Waals surface area contributed by atoms with Gasteiger partial charge in [0.05, 0.1) is 22.8 Å². The van der Waals surface area contributed by atoms with E-state index < -0.39 is 24.3 Å². The number of benzene rings is 1. The highest BCUT2D eigenvalue weighted by atomic mass is 35.5. The number of Topliss-reactive ketones (excluding diaryl/α,β-unsaturated/α-hetero) is 1. The van der Waals surface area contributed by atoms with Crippen molar-refractivity contribution in [1.82, 2.24) is 0 Å². The molecule has 0 amide bonds. The lowest BCUT2D eigenvalue weighted by Crippen LogP contribution is -2.41. The Kier molecular flexibility index (Phi) is 5.42. The van der Waals surface area contributed by atoms with Gasteiger partial charge in [0.25, 0.3) is 0 Å². The van der Waals surface area contributed by atoms with Crippen LogP contribution in [0, 0.1) is 0 Å². The summed E-state index contributed by atoms with van der Waals surface area (Å²) in [5, 5.41) is 0.261. The zero-order chi connectivity index (χ0) is 18.1. The fourth-order valence-electron chi connectivity index (χ4n) is 2.32. The van der Waals surface area contributed by atoms with E-state index in [1.807, 2.05) is 27.7 Å². The number of hydrogen-bond donors (Lipinski definition) is 0. The van der Waals surface area contributed by atoms with Crippen LogP contribution in [0.5, 0.6) is 0 Å². The number of hydrogen-bond acceptors (Lipinski definition) is 5. The van der Waals surface area contributed by atoms with Gasteiger partial charge in [-0.25, -0.2) is 0 Å². The van der Waals surface area contributed by atoms with Gasteiger partial charge in [0.1, 0.15) is 6.42 Å². The summed E-state index contributed by atoms with van der Waals surface area (Å²) in [6, 6.07) is 4.96. The average Bonchev–Trinajstić information content (AvgIpc) is 2.67. The van der Waals surface area contributed by atoms with Crippen molar-refractivity contribution in [3.05, 3.63) is 28.8 Å². The third-order valence-corrected chi connectivity index (χ3v) is 4.74. The van der Waals surface area contributed by atoms with Gasteiger partial charge < -0.3 is 14.0 Å². The maximum Gasteiger partial charge on any atom is 0.494 e. The quantitative estimate of drug-likeness (QED) is 0.353. The van der Waals surface area contributed by atoms with Crippen LogP contribution in [-0.4, -0.2) is 36.7 Å². The summed E-state index contributed by atoms with van der Waals surface area (Å²) < 4.78 is 16.7. The topological polar surface area (TPSA) is 61.8 Å². The van der Waals surface area contributed by atoms with Crippen molar-refractivity contribution in [3.8, 4) is 0 Å². The van der Waals surface area contributed by atoms with Crippen molar-refractivity contribution < 1.29 is 23.6 Å². The van der Waals surface area contributed by atoms with Crippen LogP contribution in [0.1, 0.15) is 51.4 Å². The van der Waals surface area contributed by atoms with Crippen LogP contribution in [-0.2, 0) is 18.8 Å². The monoisotopic (exact) mass is 352 g/mol. The van der Waals surface area contributed by atoms with E-state index in [1.165, 1.54) is 0 Å². The molecule has 0 aliphatic carbocycles. The molecule has 0 aromatic heterocycles. The molecule has 1 saturated heterocycles. The predicted molar refractivity (Wildman–Crippen MR) is 92.7 cm³/mol. The van der Waals surface area contributed by atoms with Gasteiger partial charge in [-0.1, -0.05) is 23.7 Å². The Labute approximate surface area is 147 Å². The number of halogens is 1. The number of carbonyl (C=O) groups is 2. The van der Waals surface area contributed by atoms with Crippen molar-refractivity contribution in [1.29, 1.82) is 0 Å². The van der Waals surface area contributed by atoms with Crippen LogP contribution >= 0.6 is 11.6 Å². The molecule has 1 heterocycles. The highest BCUT2D eigenvalue weighted by Crippen LogP contribution is 2.36. The van der Waals surface area contributed by atoms with E-state index >= 15 is 0 Å². The molecule has 130 valence electrons. The minimum Gasteiger partial charge on any atom is -0.466 e. The molecule has 0 radical (unpaired) electrons. The molecular formula is C17H22BClO5. The molecule has 5 nitrogen and oxygen atoms in total. The molecule has 7 heteroatoms. The Bertz CT molecular complexity index is 640. The highest BCUT2D eigenvalue weighted by molar-refractivity contribution is 6.62. The zero-order valence-corrected chi connectivity index (χ0v) is 15.4. The lowest BCUT2D eigenvalue weighted by molar-refractivity contribution is -0.141. The summed E-state index contributed by atoms with van der Waals surface area (Å²) in [6.45, 7) is 9.78. The van der Waals surface area contributed by atoms with Crippen LogP contribution < -0.4 is 5.46 Å². The molecule has 0 N–H and O–H groups in total. The Hall–Kier alpha value is -1.37. The van der Waals surface area contributed by atoms with Crippen LogP contribution in [0.25, 0.3) is 0 Å². The second-order valence-electron chi connectivity index (χ2n) is 6.73. The molecular weight excluding hydrogens is 330 g/mol. The number of esters is 1. The van der Waals surface area contributed by atoms with E-state index in [2.05, 4.69) is 0 Å². The van der Waals surface area contributed by atoms with Gasteiger partial charge in [-0.3, -0.25) is 9.59 Å². The second kappa shape index (κ2) is 6.86. The molecule has 1 aromatic rings. The first-order valence-electron chi connectivity index (χ1n) is 7.91. The molecule has 0 saturated carbocycles. The van der Waals surface area contributed by atoms with Crippen molar-refractivity contribution in [2.45, 2.75) is 52.2 Å². The maximum absolute atomic E-state index is 12.1. The third kappa shape index (κ3) is 3.82. The van der Waals surface area contributed by atoms with Crippen molar-refractivity contribution in [2.24, 2.45) is 0 Å². The SMILES string of the molecule is CCOC(=O)CC(=O)c1ccc(B2OC(C)(C)C(C)(C)O2)cc1Cl. The van der Waals surface area contributed by atoms with E-state index in [0.29, 0.717) is 0 Å². The molecule has 0 spiro atoms. The smallest absolute Gasteiger partial charge is 0.466 e. The Balaban J connectivity index is 2.16. The standard InChI is InChI=1S/C17H22BClO5/c1-6-22-15(21)10-14(20)12-8-7-11(9-13(12)19)18-23-16(2,3)17(4,5)24-18/h7-9H,6,10H2,1-5H3. The molecule has 0 bridgehead atoms. The van der Waals surface area contributed by atoms with Crippen molar-refractivity contribution in [2.75, 3.05) is 6.61 Å². The Morgan fingerprint density at radius 3 is 2.25 bits per heavy atom. The van der Waals surface area contributed by atoms with Crippen LogP contribution in [0.2, 0.25) is 5.02 Å². The van der Waals surface area contributed by atoms with Gasteiger partial charge in [-0.15, -0.1) is 0 Å². The normalized spacial score (nSPS) is 18.5. The minimum atomic E-state index is -0.561. The minimum absolute atomic E-state index is 0.237. The van der Waals surface area contributed by atoms with E-state index in [9.17, 15) is 9.59 Å². The van der Waals surface area contributed by atoms with Crippen molar-refractivity contribution >= 4 is 35.9 Å². The van der Waals surface area contributed by atoms with Crippen molar-refractivity contribution in [3.63, 3.8) is 0 Å². The first-order valence-corrected chi connectivity index (χ1v) is 8.29. The van der Waals surface area contributed by atoms with Gasteiger partial charge in [-0.2, -0.15) is 0 Å². The third-order valence-electron chi connectivity index (χ3n) is 4.43. The Morgan fingerprint density at radius 1 is 1.17 bits per heavy atom. The first-order chi connectivity index (χ1) is 11.1. The maximum atomic E-state index is 12.1. The molecule has 1 fully saturated rings. The van der Waals surface area contributed by atoms with Gasteiger partial charge in [0.2, 0.25) is 0 Å². The van der Waals surface area contributed by atoms with Gasteiger partial charge in [0, 0.05) is 5.56 Å². The second-order valence-corrected chi connectivity index (χ2v) is 7.14. The molecule has 0 unspecified atom stereocenters. The van der Waals surface area contributed by atoms with Gasteiger partial charge >= 0.3 is 13.1 Å².